The van der Waals surface area contributed by atoms with Crippen LogP contribution in [-0.4, -0.2) is 54.3 Å². The summed E-state index contributed by atoms with van der Waals surface area (Å²) in [5.41, 5.74) is 3.57. The minimum Gasteiger partial charge on any atom is -0.497 e. The lowest BCUT2D eigenvalue weighted by Crippen LogP contribution is -2.46. The quantitative estimate of drug-likeness (QED) is 0.576. The maximum atomic E-state index is 5.26. The Bertz CT molecular complexity index is 931. The Morgan fingerprint density at radius 1 is 0.862 bits per heavy atom. The number of thioether (sulfide) groups is 1. The van der Waals surface area contributed by atoms with E-state index >= 15 is 0 Å². The van der Waals surface area contributed by atoms with Gasteiger partial charge in [-0.1, -0.05) is 18.7 Å². The number of hydrogen-bond donors (Lipinski definition) is 0. The average Bonchev–Trinajstić information content (AvgIpc) is 3.23. The van der Waals surface area contributed by atoms with Gasteiger partial charge in [-0.15, -0.1) is 5.10 Å². The van der Waals surface area contributed by atoms with Crippen molar-refractivity contribution in [2.24, 2.45) is 0 Å². The normalized spacial score (nSPS) is 14.3. The fourth-order valence-electron chi connectivity index (χ4n) is 3.67. The minimum absolute atomic E-state index is 0.820. The van der Waals surface area contributed by atoms with E-state index in [1.165, 1.54) is 11.4 Å². The molecule has 3 aromatic rings. The molecule has 1 saturated heterocycles. The van der Waals surface area contributed by atoms with Gasteiger partial charge in [-0.2, -0.15) is 0 Å². The summed E-state index contributed by atoms with van der Waals surface area (Å²) in [7, 11) is 1.70. The van der Waals surface area contributed by atoms with Crippen molar-refractivity contribution >= 4 is 23.1 Å². The second kappa shape index (κ2) is 8.78. The third-order valence-electron chi connectivity index (χ3n) is 5.33. The summed E-state index contributed by atoms with van der Waals surface area (Å²) in [6.07, 6.45) is 2.87. The predicted octanol–water partition coefficient (Wildman–Crippen LogP) is 3.89. The van der Waals surface area contributed by atoms with Gasteiger partial charge in [0.1, 0.15) is 11.6 Å². The summed E-state index contributed by atoms with van der Waals surface area (Å²) < 4.78 is 7.21. The Kier molecular flexibility index (Phi) is 5.94. The van der Waals surface area contributed by atoms with Gasteiger partial charge in [0.2, 0.25) is 5.16 Å². The van der Waals surface area contributed by atoms with Crippen molar-refractivity contribution in [2.45, 2.75) is 18.5 Å². The van der Waals surface area contributed by atoms with E-state index in [0.29, 0.717) is 0 Å². The first-order valence-electron chi connectivity index (χ1n) is 9.96. The Hall–Kier alpha value is -2.67. The fraction of sp³-hybridized carbons (Fsp3) is 0.364. The molecular formula is C22H27N5OS. The van der Waals surface area contributed by atoms with Crippen LogP contribution in [0.15, 0.2) is 53.7 Å². The minimum atomic E-state index is 0.820. The van der Waals surface area contributed by atoms with E-state index in [1.807, 2.05) is 23.1 Å². The Morgan fingerprint density at radius 3 is 1.86 bits per heavy atom. The van der Waals surface area contributed by atoms with Crippen LogP contribution in [0.1, 0.15) is 12.7 Å². The van der Waals surface area contributed by atoms with E-state index in [4.69, 9.17) is 4.74 Å². The molecule has 1 aromatic heterocycles. The number of anilines is 2. The van der Waals surface area contributed by atoms with Gasteiger partial charge >= 0.3 is 0 Å². The van der Waals surface area contributed by atoms with Crippen molar-refractivity contribution in [3.63, 3.8) is 0 Å². The molecule has 0 aliphatic carbocycles. The highest BCUT2D eigenvalue weighted by Crippen LogP contribution is 2.24. The number of methoxy groups -OCH3 is 1. The summed E-state index contributed by atoms with van der Waals surface area (Å²) in [6, 6.07) is 17.0. The monoisotopic (exact) mass is 409 g/mol. The van der Waals surface area contributed by atoms with Crippen LogP contribution in [0.3, 0.4) is 0 Å². The molecule has 29 heavy (non-hydrogen) atoms. The van der Waals surface area contributed by atoms with Crippen LogP contribution in [0.2, 0.25) is 0 Å². The third kappa shape index (κ3) is 4.19. The molecule has 0 atom stereocenters. The van der Waals surface area contributed by atoms with Crippen molar-refractivity contribution in [1.82, 2.24) is 14.8 Å². The largest absolute Gasteiger partial charge is 0.497 e. The van der Waals surface area contributed by atoms with E-state index < -0.39 is 0 Å². The first-order valence-corrected chi connectivity index (χ1v) is 11.2. The van der Waals surface area contributed by atoms with Gasteiger partial charge in [-0.05, 0) is 54.8 Å². The molecule has 2 heterocycles. The zero-order valence-electron chi connectivity index (χ0n) is 17.2. The van der Waals surface area contributed by atoms with Crippen LogP contribution >= 0.6 is 11.8 Å². The highest BCUT2D eigenvalue weighted by atomic mass is 32.2. The summed E-state index contributed by atoms with van der Waals surface area (Å²) in [5, 5.41) is 5.43. The molecule has 0 spiro atoms. The molecule has 0 bridgehead atoms. The first kappa shape index (κ1) is 19.6. The van der Waals surface area contributed by atoms with E-state index in [2.05, 4.69) is 63.2 Å². The van der Waals surface area contributed by atoms with Crippen LogP contribution < -0.4 is 14.5 Å². The predicted molar refractivity (Wildman–Crippen MR) is 120 cm³/mol. The van der Waals surface area contributed by atoms with E-state index in [9.17, 15) is 0 Å². The molecule has 1 aliphatic heterocycles. The van der Waals surface area contributed by atoms with Crippen molar-refractivity contribution in [1.29, 1.82) is 0 Å². The number of nitrogens with zero attached hydrogens (tertiary/aromatic N) is 5. The van der Waals surface area contributed by atoms with Crippen LogP contribution in [-0.2, 0) is 6.42 Å². The number of hydrogen-bond acceptors (Lipinski definition) is 6. The molecule has 1 aliphatic rings. The van der Waals surface area contributed by atoms with Crippen LogP contribution in [0.25, 0.3) is 5.69 Å². The lowest BCUT2D eigenvalue weighted by atomic mass is 10.2. The molecule has 0 saturated carbocycles. The molecule has 2 aromatic carbocycles. The van der Waals surface area contributed by atoms with Gasteiger partial charge in [0, 0.05) is 44.0 Å². The standard InChI is InChI=1S/C22H27N5OS/c1-4-21-23-22(29-3)24-27(21)19-7-5-17(6-8-19)25-13-15-26(16-14-25)18-9-11-20(28-2)12-10-18/h5-12H,4,13-16H2,1-3H3. The zero-order chi connectivity index (χ0) is 20.2. The molecule has 0 unspecified atom stereocenters. The zero-order valence-corrected chi connectivity index (χ0v) is 18.0. The van der Waals surface area contributed by atoms with Gasteiger partial charge in [0.05, 0.1) is 12.8 Å². The molecule has 0 amide bonds. The number of benzene rings is 2. The third-order valence-corrected chi connectivity index (χ3v) is 5.87. The highest BCUT2D eigenvalue weighted by molar-refractivity contribution is 7.98. The maximum absolute atomic E-state index is 5.26. The molecule has 7 heteroatoms. The number of aromatic nitrogens is 3. The molecule has 6 nitrogen and oxygen atoms in total. The molecular weight excluding hydrogens is 382 g/mol. The van der Waals surface area contributed by atoms with Gasteiger partial charge in [0.25, 0.3) is 0 Å². The van der Waals surface area contributed by atoms with E-state index in [-0.39, 0.29) is 0 Å². The van der Waals surface area contributed by atoms with Crippen molar-refractivity contribution in [2.75, 3.05) is 49.3 Å². The molecule has 0 N–H and O–H groups in total. The van der Waals surface area contributed by atoms with Gasteiger partial charge in [-0.25, -0.2) is 9.67 Å². The van der Waals surface area contributed by atoms with Crippen molar-refractivity contribution in [3.05, 3.63) is 54.4 Å². The van der Waals surface area contributed by atoms with Crippen LogP contribution in [0.4, 0.5) is 11.4 Å². The maximum Gasteiger partial charge on any atom is 0.208 e. The van der Waals surface area contributed by atoms with E-state index in [0.717, 1.165) is 55.0 Å². The van der Waals surface area contributed by atoms with E-state index in [1.54, 1.807) is 18.9 Å². The summed E-state index contributed by atoms with van der Waals surface area (Å²) in [6.45, 7) is 6.14. The van der Waals surface area contributed by atoms with Gasteiger partial charge < -0.3 is 14.5 Å². The number of rotatable bonds is 6. The van der Waals surface area contributed by atoms with Gasteiger partial charge in [0.15, 0.2) is 0 Å². The van der Waals surface area contributed by atoms with Crippen molar-refractivity contribution < 1.29 is 4.74 Å². The van der Waals surface area contributed by atoms with Crippen LogP contribution in [0.5, 0.6) is 5.75 Å². The summed E-state index contributed by atoms with van der Waals surface area (Å²) in [5.74, 6) is 1.89. The molecule has 152 valence electrons. The molecule has 1 fully saturated rings. The Morgan fingerprint density at radius 2 is 1.38 bits per heavy atom. The topological polar surface area (TPSA) is 46.4 Å². The summed E-state index contributed by atoms with van der Waals surface area (Å²) >= 11 is 1.58. The van der Waals surface area contributed by atoms with Crippen LogP contribution in [0, 0.1) is 0 Å². The van der Waals surface area contributed by atoms with Crippen molar-refractivity contribution in [3.8, 4) is 11.4 Å². The Balaban J connectivity index is 1.42. The molecule has 4 rings (SSSR count). The highest BCUT2D eigenvalue weighted by Gasteiger charge is 2.18. The molecule has 0 radical (unpaired) electrons. The smallest absolute Gasteiger partial charge is 0.208 e. The number of ether oxygens (including phenoxy) is 1. The summed E-state index contributed by atoms with van der Waals surface area (Å²) in [4.78, 5) is 9.45. The SMILES string of the molecule is CCc1nc(SC)nn1-c1ccc(N2CCN(c3ccc(OC)cc3)CC2)cc1. The number of aryl methyl sites for hydroxylation is 1. The van der Waals surface area contributed by atoms with Gasteiger partial charge in [-0.3, -0.25) is 0 Å². The lowest BCUT2D eigenvalue weighted by molar-refractivity contribution is 0.415. The first-order chi connectivity index (χ1) is 14.2. The second-order valence-corrected chi connectivity index (χ2v) is 7.74. The lowest BCUT2D eigenvalue weighted by Gasteiger charge is -2.37. The Labute approximate surface area is 176 Å². The second-order valence-electron chi connectivity index (χ2n) is 6.97. The fourth-order valence-corrected chi connectivity index (χ4v) is 4.03. The number of piperazine rings is 1. The average molecular weight is 410 g/mol.